The number of rotatable bonds is 7. The minimum atomic E-state index is -0.0317. The number of aryl methyl sites for hydroxylation is 1. The fraction of sp³-hybridized carbons (Fsp3) is 0.136. The molecule has 4 heteroatoms. The molecule has 0 saturated carbocycles. The first-order valence-corrected chi connectivity index (χ1v) is 8.72. The van der Waals surface area contributed by atoms with Crippen LogP contribution in [0.4, 0.5) is 17.1 Å². The van der Waals surface area contributed by atoms with Gasteiger partial charge < -0.3 is 16.4 Å². The Balaban J connectivity index is 1.52. The summed E-state index contributed by atoms with van der Waals surface area (Å²) in [5, 5.41) is 6.26. The summed E-state index contributed by atoms with van der Waals surface area (Å²) in [5.74, 6) is -0.0317. The Morgan fingerprint density at radius 2 is 1.58 bits per heavy atom. The smallest absolute Gasteiger partial charge is 0.224 e. The summed E-state index contributed by atoms with van der Waals surface area (Å²) in [4.78, 5) is 12.2. The highest BCUT2D eigenvalue weighted by Crippen LogP contribution is 2.17. The van der Waals surface area contributed by atoms with Gasteiger partial charge >= 0.3 is 0 Å². The maximum Gasteiger partial charge on any atom is 0.224 e. The number of hydrogen-bond donors (Lipinski definition) is 3. The molecule has 0 aromatic heterocycles. The largest absolute Gasteiger partial charge is 0.397 e. The molecule has 0 aliphatic heterocycles. The Morgan fingerprint density at radius 3 is 2.38 bits per heavy atom. The quantitative estimate of drug-likeness (QED) is 0.554. The van der Waals surface area contributed by atoms with E-state index in [4.69, 9.17) is 5.73 Å². The van der Waals surface area contributed by atoms with Crippen molar-refractivity contribution >= 4 is 23.0 Å². The highest BCUT2D eigenvalue weighted by Gasteiger charge is 2.06. The molecule has 26 heavy (non-hydrogen) atoms. The Bertz CT molecular complexity index is 862. The van der Waals surface area contributed by atoms with E-state index in [1.165, 1.54) is 5.56 Å². The molecule has 0 saturated heterocycles. The van der Waals surface area contributed by atoms with Crippen molar-refractivity contribution in [3.63, 3.8) is 0 Å². The monoisotopic (exact) mass is 345 g/mol. The fourth-order valence-electron chi connectivity index (χ4n) is 2.74. The van der Waals surface area contributed by atoms with E-state index >= 15 is 0 Å². The van der Waals surface area contributed by atoms with Crippen molar-refractivity contribution < 1.29 is 4.79 Å². The molecular weight excluding hydrogens is 322 g/mol. The molecule has 0 heterocycles. The lowest BCUT2D eigenvalue weighted by molar-refractivity contribution is -0.116. The van der Waals surface area contributed by atoms with Gasteiger partial charge in [0.05, 0.1) is 11.4 Å². The zero-order valence-electron chi connectivity index (χ0n) is 14.6. The normalized spacial score (nSPS) is 10.3. The van der Waals surface area contributed by atoms with E-state index in [1.807, 2.05) is 54.6 Å². The molecule has 0 aliphatic carbocycles. The van der Waals surface area contributed by atoms with Crippen LogP contribution in [0.15, 0.2) is 78.9 Å². The van der Waals surface area contributed by atoms with Gasteiger partial charge in [0.1, 0.15) is 0 Å². The van der Waals surface area contributed by atoms with Crippen LogP contribution in [0.1, 0.15) is 17.5 Å². The van der Waals surface area contributed by atoms with Crippen LogP contribution in [-0.4, -0.2) is 5.91 Å². The van der Waals surface area contributed by atoms with E-state index in [0.717, 1.165) is 17.8 Å². The second-order valence-electron chi connectivity index (χ2n) is 6.17. The molecule has 0 radical (unpaired) electrons. The maximum absolute atomic E-state index is 12.2. The molecule has 4 nitrogen and oxygen atoms in total. The molecule has 0 spiro atoms. The summed E-state index contributed by atoms with van der Waals surface area (Å²) >= 11 is 0. The second-order valence-corrected chi connectivity index (χ2v) is 6.17. The van der Waals surface area contributed by atoms with Crippen molar-refractivity contribution in [3.05, 3.63) is 90.0 Å². The molecule has 0 unspecified atom stereocenters. The van der Waals surface area contributed by atoms with E-state index in [1.54, 1.807) is 6.07 Å². The van der Waals surface area contributed by atoms with Crippen molar-refractivity contribution in [2.45, 2.75) is 19.4 Å². The van der Waals surface area contributed by atoms with Gasteiger partial charge in [0, 0.05) is 18.7 Å². The van der Waals surface area contributed by atoms with Gasteiger partial charge in [0.2, 0.25) is 5.91 Å². The zero-order chi connectivity index (χ0) is 18.2. The van der Waals surface area contributed by atoms with Crippen molar-refractivity contribution in [3.8, 4) is 0 Å². The van der Waals surface area contributed by atoms with Crippen molar-refractivity contribution in [2.24, 2.45) is 0 Å². The van der Waals surface area contributed by atoms with Crippen LogP contribution in [0.5, 0.6) is 0 Å². The first-order chi connectivity index (χ1) is 12.7. The van der Waals surface area contributed by atoms with Gasteiger partial charge in [-0.05, 0) is 41.8 Å². The Morgan fingerprint density at radius 1 is 0.846 bits per heavy atom. The highest BCUT2D eigenvalue weighted by atomic mass is 16.1. The summed E-state index contributed by atoms with van der Waals surface area (Å²) < 4.78 is 0. The number of benzene rings is 3. The van der Waals surface area contributed by atoms with Gasteiger partial charge in [-0.15, -0.1) is 0 Å². The standard InChI is InChI=1S/C22H23N3O/c23-20-11-4-5-12-21(20)25-22(26)14-13-17-7-6-8-18(15-17)16-24-19-9-2-1-3-10-19/h1-12,15,24H,13-14,16,23H2,(H,25,26). The molecule has 3 aromatic carbocycles. The molecule has 0 aliphatic rings. The second kappa shape index (κ2) is 8.72. The van der Waals surface area contributed by atoms with Crippen LogP contribution in [0.25, 0.3) is 0 Å². The third-order valence-corrected chi connectivity index (χ3v) is 4.14. The molecule has 132 valence electrons. The summed E-state index contributed by atoms with van der Waals surface area (Å²) in [7, 11) is 0. The predicted molar refractivity (Wildman–Crippen MR) is 108 cm³/mol. The van der Waals surface area contributed by atoms with Gasteiger partial charge in [-0.3, -0.25) is 4.79 Å². The van der Waals surface area contributed by atoms with E-state index < -0.39 is 0 Å². The molecule has 3 aromatic rings. The minimum Gasteiger partial charge on any atom is -0.397 e. The summed E-state index contributed by atoms with van der Waals surface area (Å²) in [6, 6.07) is 25.7. The number of amides is 1. The van der Waals surface area contributed by atoms with E-state index in [0.29, 0.717) is 24.2 Å². The van der Waals surface area contributed by atoms with Crippen LogP contribution in [0.3, 0.4) is 0 Å². The number of hydrogen-bond acceptors (Lipinski definition) is 3. The highest BCUT2D eigenvalue weighted by molar-refractivity contribution is 5.93. The van der Waals surface area contributed by atoms with Gasteiger partial charge in [0.25, 0.3) is 0 Å². The number of nitrogens with one attached hydrogen (secondary N) is 2. The van der Waals surface area contributed by atoms with E-state index in [-0.39, 0.29) is 5.91 Å². The molecular formula is C22H23N3O. The lowest BCUT2D eigenvalue weighted by Gasteiger charge is -2.09. The first-order valence-electron chi connectivity index (χ1n) is 8.72. The number of carbonyl (C=O) groups is 1. The van der Waals surface area contributed by atoms with Gasteiger partial charge in [-0.25, -0.2) is 0 Å². The lowest BCUT2D eigenvalue weighted by atomic mass is 10.1. The van der Waals surface area contributed by atoms with Crippen LogP contribution < -0.4 is 16.4 Å². The summed E-state index contributed by atoms with van der Waals surface area (Å²) in [6.45, 7) is 0.755. The molecule has 3 rings (SSSR count). The topological polar surface area (TPSA) is 67.1 Å². The van der Waals surface area contributed by atoms with Crippen molar-refractivity contribution in [2.75, 3.05) is 16.4 Å². The van der Waals surface area contributed by atoms with E-state index in [9.17, 15) is 4.79 Å². The SMILES string of the molecule is Nc1ccccc1NC(=O)CCc1cccc(CNc2ccccc2)c1. The lowest BCUT2D eigenvalue weighted by Crippen LogP contribution is -2.13. The third kappa shape index (κ3) is 5.11. The van der Waals surface area contributed by atoms with Crippen LogP contribution in [0.2, 0.25) is 0 Å². The number of anilines is 3. The molecule has 4 N–H and O–H groups in total. The number of para-hydroxylation sites is 3. The molecule has 0 bridgehead atoms. The average Bonchev–Trinajstić information content (AvgIpc) is 2.68. The van der Waals surface area contributed by atoms with E-state index in [2.05, 4.69) is 28.8 Å². The van der Waals surface area contributed by atoms with Crippen molar-refractivity contribution in [1.82, 2.24) is 0 Å². The Kier molecular flexibility index (Phi) is 5.88. The first kappa shape index (κ1) is 17.5. The Hall–Kier alpha value is -3.27. The third-order valence-electron chi connectivity index (χ3n) is 4.14. The number of nitrogen functional groups attached to an aromatic ring is 1. The zero-order valence-corrected chi connectivity index (χ0v) is 14.6. The van der Waals surface area contributed by atoms with Crippen LogP contribution in [0, 0.1) is 0 Å². The fourth-order valence-corrected chi connectivity index (χ4v) is 2.74. The van der Waals surface area contributed by atoms with Gasteiger partial charge in [0.15, 0.2) is 0 Å². The van der Waals surface area contributed by atoms with Gasteiger partial charge in [-0.2, -0.15) is 0 Å². The number of nitrogens with two attached hydrogens (primary N) is 1. The predicted octanol–water partition coefficient (Wildman–Crippen LogP) is 4.45. The van der Waals surface area contributed by atoms with Crippen LogP contribution >= 0.6 is 0 Å². The number of carbonyl (C=O) groups excluding carboxylic acids is 1. The minimum absolute atomic E-state index is 0.0317. The maximum atomic E-state index is 12.2. The summed E-state index contributed by atoms with van der Waals surface area (Å²) in [5.41, 5.74) is 10.5. The molecule has 0 atom stereocenters. The summed E-state index contributed by atoms with van der Waals surface area (Å²) in [6.07, 6.45) is 1.11. The van der Waals surface area contributed by atoms with Gasteiger partial charge in [-0.1, -0.05) is 54.6 Å². The molecule has 1 amide bonds. The Labute approximate surface area is 154 Å². The van der Waals surface area contributed by atoms with Crippen LogP contribution in [-0.2, 0) is 17.8 Å². The van der Waals surface area contributed by atoms with Crippen molar-refractivity contribution in [1.29, 1.82) is 0 Å². The molecule has 0 fully saturated rings. The average molecular weight is 345 g/mol.